The molecule has 128 valence electrons. The first kappa shape index (κ1) is 17.2. The van der Waals surface area contributed by atoms with Crippen LogP contribution in [0.5, 0.6) is 0 Å². The Balaban J connectivity index is 2.29. The number of aliphatic hydroxyl groups is 1. The molecule has 25 heavy (non-hydrogen) atoms. The fourth-order valence-corrected chi connectivity index (χ4v) is 3.06. The van der Waals surface area contributed by atoms with Crippen molar-refractivity contribution in [3.05, 3.63) is 102 Å². The van der Waals surface area contributed by atoms with Crippen LogP contribution in [0, 0.1) is 0 Å². The molecule has 2 atom stereocenters. The summed E-state index contributed by atoms with van der Waals surface area (Å²) in [6.45, 7) is 0. The van der Waals surface area contributed by atoms with Crippen LogP contribution in [0.25, 0.3) is 0 Å². The molecule has 3 aromatic rings. The lowest BCUT2D eigenvalue weighted by Crippen LogP contribution is -2.47. The van der Waals surface area contributed by atoms with Crippen LogP contribution in [0.4, 0.5) is 13.2 Å². The molecule has 0 aliphatic rings. The van der Waals surface area contributed by atoms with Gasteiger partial charge in [0.2, 0.25) is 0 Å². The third-order valence-electron chi connectivity index (χ3n) is 4.24. The highest BCUT2D eigenvalue weighted by Gasteiger charge is 2.60. The van der Waals surface area contributed by atoms with Crippen LogP contribution < -0.4 is 0 Å². The molecule has 0 saturated heterocycles. The quantitative estimate of drug-likeness (QED) is 0.747. The number of benzene rings is 2. The first-order valence-electron chi connectivity index (χ1n) is 7.74. The Bertz CT molecular complexity index is 767. The zero-order chi connectivity index (χ0) is 17.9. The molecule has 0 amide bonds. The largest absolute Gasteiger partial charge is 0.422 e. The molecule has 0 radical (unpaired) electrons. The number of hydrogen-bond donors (Lipinski definition) is 1. The van der Waals surface area contributed by atoms with Gasteiger partial charge in [-0.15, -0.1) is 0 Å². The Hall–Kier alpha value is -2.66. The number of nitrogens with zero attached hydrogens (tertiary/aromatic N) is 1. The summed E-state index contributed by atoms with van der Waals surface area (Å²) in [6.07, 6.45) is -2.03. The summed E-state index contributed by atoms with van der Waals surface area (Å²) >= 11 is 0. The molecule has 0 aliphatic carbocycles. The lowest BCUT2D eigenvalue weighted by atomic mass is 9.73. The second kappa shape index (κ2) is 6.69. The van der Waals surface area contributed by atoms with E-state index in [0.29, 0.717) is 11.1 Å². The van der Waals surface area contributed by atoms with Gasteiger partial charge in [0.05, 0.1) is 5.92 Å². The van der Waals surface area contributed by atoms with E-state index >= 15 is 0 Å². The van der Waals surface area contributed by atoms with Gasteiger partial charge in [0.25, 0.3) is 0 Å². The molecule has 0 aliphatic heterocycles. The standard InChI is InChI=1S/C20H16F3NO/c21-20(22,23)19(25,17-9-5-2-6-10-17)18(15-7-3-1-4-8-15)16-11-13-24-14-12-16/h1-14,18,25H/t18-,19-/m0/s1. The van der Waals surface area contributed by atoms with Gasteiger partial charge in [-0.2, -0.15) is 13.2 Å². The summed E-state index contributed by atoms with van der Waals surface area (Å²) in [5.74, 6) is -1.32. The molecular weight excluding hydrogens is 327 g/mol. The third kappa shape index (κ3) is 3.15. The highest BCUT2D eigenvalue weighted by Crippen LogP contribution is 2.51. The zero-order valence-corrected chi connectivity index (χ0v) is 13.2. The van der Waals surface area contributed by atoms with E-state index < -0.39 is 17.7 Å². The molecular formula is C20H16F3NO. The Kier molecular flexibility index (Phi) is 4.59. The van der Waals surface area contributed by atoms with Crippen LogP contribution >= 0.6 is 0 Å². The molecule has 2 aromatic carbocycles. The van der Waals surface area contributed by atoms with Crippen LogP contribution in [0.1, 0.15) is 22.6 Å². The minimum atomic E-state index is -4.88. The maximum absolute atomic E-state index is 14.1. The highest BCUT2D eigenvalue weighted by molar-refractivity contribution is 5.41. The third-order valence-corrected chi connectivity index (χ3v) is 4.24. The smallest absolute Gasteiger partial charge is 0.376 e. The molecule has 3 rings (SSSR count). The molecule has 0 saturated carbocycles. The van der Waals surface area contributed by atoms with Crippen molar-refractivity contribution in [1.82, 2.24) is 4.98 Å². The fraction of sp³-hybridized carbons (Fsp3) is 0.150. The second-order valence-corrected chi connectivity index (χ2v) is 5.75. The molecule has 0 bridgehead atoms. The van der Waals surface area contributed by atoms with E-state index in [0.717, 1.165) is 0 Å². The van der Waals surface area contributed by atoms with E-state index in [1.165, 1.54) is 48.8 Å². The Labute approximate surface area is 143 Å². The van der Waals surface area contributed by atoms with Gasteiger partial charge in [0.1, 0.15) is 0 Å². The minimum absolute atomic E-state index is 0.201. The van der Waals surface area contributed by atoms with Crippen molar-refractivity contribution >= 4 is 0 Å². The lowest BCUT2D eigenvalue weighted by Gasteiger charge is -2.38. The van der Waals surface area contributed by atoms with E-state index in [1.54, 1.807) is 36.4 Å². The summed E-state index contributed by atoms with van der Waals surface area (Å²) < 4.78 is 42.4. The van der Waals surface area contributed by atoms with Gasteiger partial charge >= 0.3 is 6.18 Å². The van der Waals surface area contributed by atoms with Crippen molar-refractivity contribution in [2.45, 2.75) is 17.7 Å². The van der Waals surface area contributed by atoms with Crippen LogP contribution in [0.2, 0.25) is 0 Å². The van der Waals surface area contributed by atoms with Crippen molar-refractivity contribution < 1.29 is 18.3 Å². The molecule has 1 N–H and O–H groups in total. The van der Waals surface area contributed by atoms with E-state index in [9.17, 15) is 18.3 Å². The van der Waals surface area contributed by atoms with Crippen LogP contribution in [0.15, 0.2) is 85.2 Å². The number of alkyl halides is 3. The summed E-state index contributed by atoms with van der Waals surface area (Å²) in [5, 5.41) is 11.0. The molecule has 0 unspecified atom stereocenters. The highest BCUT2D eigenvalue weighted by atomic mass is 19.4. The maximum atomic E-state index is 14.1. The van der Waals surface area contributed by atoms with Crippen molar-refractivity contribution in [3.63, 3.8) is 0 Å². The van der Waals surface area contributed by atoms with Crippen LogP contribution in [-0.4, -0.2) is 16.3 Å². The SMILES string of the molecule is O[C@@](c1ccccc1)([C@@H](c1ccccc1)c1ccncc1)C(F)(F)F. The molecule has 0 spiro atoms. The van der Waals surface area contributed by atoms with Crippen molar-refractivity contribution in [1.29, 1.82) is 0 Å². The van der Waals surface area contributed by atoms with Crippen molar-refractivity contribution in [3.8, 4) is 0 Å². The van der Waals surface area contributed by atoms with Gasteiger partial charge in [-0.1, -0.05) is 60.7 Å². The van der Waals surface area contributed by atoms with Crippen molar-refractivity contribution in [2.75, 3.05) is 0 Å². The summed E-state index contributed by atoms with van der Waals surface area (Å²) in [5.41, 5.74) is -2.56. The lowest BCUT2D eigenvalue weighted by molar-refractivity contribution is -0.272. The average molecular weight is 343 g/mol. The number of hydrogen-bond acceptors (Lipinski definition) is 2. The predicted octanol–water partition coefficient (Wildman–Crippen LogP) is 4.66. The van der Waals surface area contributed by atoms with Gasteiger partial charge in [0, 0.05) is 12.4 Å². The maximum Gasteiger partial charge on any atom is 0.422 e. The summed E-state index contributed by atoms with van der Waals surface area (Å²) in [6, 6.07) is 18.4. The number of aromatic nitrogens is 1. The Morgan fingerprint density at radius 1 is 0.720 bits per heavy atom. The Morgan fingerprint density at radius 2 is 1.20 bits per heavy atom. The Morgan fingerprint density at radius 3 is 1.72 bits per heavy atom. The van der Waals surface area contributed by atoms with Gasteiger partial charge in [-0.05, 0) is 28.8 Å². The van der Waals surface area contributed by atoms with Gasteiger partial charge in [-0.25, -0.2) is 0 Å². The fourth-order valence-electron chi connectivity index (χ4n) is 3.06. The number of rotatable bonds is 4. The van der Waals surface area contributed by atoms with Crippen LogP contribution in [0.3, 0.4) is 0 Å². The van der Waals surface area contributed by atoms with Gasteiger partial charge in [-0.3, -0.25) is 4.98 Å². The van der Waals surface area contributed by atoms with E-state index in [4.69, 9.17) is 0 Å². The first-order valence-corrected chi connectivity index (χ1v) is 7.74. The molecule has 1 aromatic heterocycles. The molecule has 5 heteroatoms. The zero-order valence-electron chi connectivity index (χ0n) is 13.2. The normalized spacial score (nSPS) is 15.4. The predicted molar refractivity (Wildman–Crippen MR) is 88.9 cm³/mol. The van der Waals surface area contributed by atoms with Gasteiger partial charge in [0.15, 0.2) is 5.60 Å². The topological polar surface area (TPSA) is 33.1 Å². The first-order chi connectivity index (χ1) is 11.9. The number of pyridine rings is 1. The number of halogens is 3. The van der Waals surface area contributed by atoms with Crippen molar-refractivity contribution in [2.24, 2.45) is 0 Å². The second-order valence-electron chi connectivity index (χ2n) is 5.75. The monoisotopic (exact) mass is 343 g/mol. The van der Waals surface area contributed by atoms with E-state index in [1.807, 2.05) is 0 Å². The molecule has 0 fully saturated rings. The van der Waals surface area contributed by atoms with E-state index in [-0.39, 0.29) is 5.56 Å². The molecule has 2 nitrogen and oxygen atoms in total. The molecule has 1 heterocycles. The van der Waals surface area contributed by atoms with E-state index in [2.05, 4.69) is 4.98 Å². The minimum Gasteiger partial charge on any atom is -0.376 e. The van der Waals surface area contributed by atoms with Gasteiger partial charge < -0.3 is 5.11 Å². The average Bonchev–Trinajstić information content (AvgIpc) is 2.63. The summed E-state index contributed by atoms with van der Waals surface area (Å²) in [4.78, 5) is 3.88. The van der Waals surface area contributed by atoms with Crippen LogP contribution in [-0.2, 0) is 5.60 Å². The summed E-state index contributed by atoms with van der Waals surface area (Å²) in [7, 11) is 0.